The second-order valence-corrected chi connectivity index (χ2v) is 8.60. The zero-order valence-corrected chi connectivity index (χ0v) is 17.0. The van der Waals surface area contributed by atoms with Crippen molar-refractivity contribution in [3.05, 3.63) is 41.6 Å². The minimum Gasteiger partial charge on any atom is -0.329 e. The van der Waals surface area contributed by atoms with E-state index in [4.69, 9.17) is 5.73 Å². The molecule has 2 fully saturated rings. The Morgan fingerprint density at radius 1 is 1.25 bits per heavy atom. The van der Waals surface area contributed by atoms with Crippen molar-refractivity contribution < 1.29 is 4.79 Å². The van der Waals surface area contributed by atoms with Gasteiger partial charge in [-0.3, -0.25) is 14.9 Å². The molecule has 2 heterocycles. The van der Waals surface area contributed by atoms with E-state index in [0.29, 0.717) is 18.4 Å². The van der Waals surface area contributed by atoms with Crippen LogP contribution in [0.25, 0.3) is 11.3 Å². The molecule has 6 nitrogen and oxygen atoms in total. The Labute approximate surface area is 166 Å². The van der Waals surface area contributed by atoms with Gasteiger partial charge in [0.1, 0.15) is 0 Å². The molecule has 1 aromatic carbocycles. The molecule has 6 heteroatoms. The first kappa shape index (κ1) is 19.2. The Balaban J connectivity index is 1.63. The molecule has 1 saturated heterocycles. The average molecular weight is 382 g/mol. The highest BCUT2D eigenvalue weighted by Gasteiger charge is 2.43. The lowest BCUT2D eigenvalue weighted by molar-refractivity contribution is -0.133. The molecule has 0 radical (unpaired) electrons. The SMILES string of the molecule is CC(C)c1ccc(-c2c(C3CCC4C(=O)NNC(CN)C4C3)cnn2C)cc1. The van der Waals surface area contributed by atoms with E-state index in [1.165, 1.54) is 22.4 Å². The van der Waals surface area contributed by atoms with Gasteiger partial charge < -0.3 is 5.73 Å². The molecular formula is C22H31N5O. The number of nitrogens with zero attached hydrogens (tertiary/aromatic N) is 2. The summed E-state index contributed by atoms with van der Waals surface area (Å²) in [7, 11) is 2.01. The van der Waals surface area contributed by atoms with Crippen LogP contribution in [0, 0.1) is 11.8 Å². The van der Waals surface area contributed by atoms with Crippen molar-refractivity contribution >= 4 is 5.91 Å². The number of nitrogens with two attached hydrogens (primary N) is 1. The van der Waals surface area contributed by atoms with E-state index in [0.717, 1.165) is 19.3 Å². The second-order valence-electron chi connectivity index (χ2n) is 8.60. The first-order chi connectivity index (χ1) is 13.5. The summed E-state index contributed by atoms with van der Waals surface area (Å²) in [6.07, 6.45) is 4.90. The van der Waals surface area contributed by atoms with Gasteiger partial charge in [-0.1, -0.05) is 38.1 Å². The average Bonchev–Trinajstić information content (AvgIpc) is 3.09. The Morgan fingerprint density at radius 2 is 2.00 bits per heavy atom. The van der Waals surface area contributed by atoms with Crippen LogP contribution < -0.4 is 16.6 Å². The maximum absolute atomic E-state index is 12.3. The molecular weight excluding hydrogens is 350 g/mol. The van der Waals surface area contributed by atoms with Crippen molar-refractivity contribution in [2.24, 2.45) is 24.6 Å². The van der Waals surface area contributed by atoms with E-state index in [1.807, 2.05) is 17.9 Å². The molecule has 1 aliphatic heterocycles. The van der Waals surface area contributed by atoms with Gasteiger partial charge in [0, 0.05) is 36.7 Å². The standard InChI is InChI=1S/C22H31N5O/c1-13(2)14-4-6-15(7-5-14)21-19(12-24-27(21)3)16-8-9-17-18(10-16)20(11-23)25-26-22(17)28/h4-7,12-13,16-18,20,25H,8-11,23H2,1-3H3,(H,26,28). The van der Waals surface area contributed by atoms with E-state index < -0.39 is 0 Å². The van der Waals surface area contributed by atoms with Gasteiger partial charge in [0.05, 0.1) is 11.9 Å². The Hall–Kier alpha value is -2.18. The maximum Gasteiger partial charge on any atom is 0.237 e. The largest absolute Gasteiger partial charge is 0.329 e. The van der Waals surface area contributed by atoms with Crippen LogP contribution in [0.3, 0.4) is 0 Å². The zero-order chi connectivity index (χ0) is 19.8. The van der Waals surface area contributed by atoms with Crippen LogP contribution in [-0.2, 0) is 11.8 Å². The fourth-order valence-electron chi connectivity index (χ4n) is 4.99. The minimum atomic E-state index is 0.0662. The maximum atomic E-state index is 12.3. The molecule has 1 aromatic heterocycles. The molecule has 4 rings (SSSR count). The summed E-state index contributed by atoms with van der Waals surface area (Å²) in [6.45, 7) is 4.96. The fourth-order valence-corrected chi connectivity index (χ4v) is 4.99. The zero-order valence-electron chi connectivity index (χ0n) is 17.0. The van der Waals surface area contributed by atoms with Gasteiger partial charge in [-0.2, -0.15) is 5.10 Å². The van der Waals surface area contributed by atoms with Gasteiger partial charge in [-0.15, -0.1) is 0 Å². The third kappa shape index (κ3) is 3.35. The van der Waals surface area contributed by atoms with Crippen LogP contribution in [0.5, 0.6) is 0 Å². The lowest BCUT2D eigenvalue weighted by Gasteiger charge is -2.43. The van der Waals surface area contributed by atoms with Gasteiger partial charge in [-0.25, -0.2) is 5.43 Å². The predicted octanol–water partition coefficient (Wildman–Crippen LogP) is 2.67. The highest BCUT2D eigenvalue weighted by Crippen LogP contribution is 2.44. The summed E-state index contributed by atoms with van der Waals surface area (Å²) < 4.78 is 1.98. The van der Waals surface area contributed by atoms with Crippen molar-refractivity contribution in [2.75, 3.05) is 6.54 Å². The van der Waals surface area contributed by atoms with Gasteiger partial charge >= 0.3 is 0 Å². The Morgan fingerprint density at radius 3 is 2.68 bits per heavy atom. The third-order valence-corrected chi connectivity index (χ3v) is 6.65. The number of amides is 1. The monoisotopic (exact) mass is 381 g/mol. The number of rotatable bonds is 4. The number of aromatic nitrogens is 2. The predicted molar refractivity (Wildman–Crippen MR) is 110 cm³/mol. The van der Waals surface area contributed by atoms with Crippen molar-refractivity contribution in [1.82, 2.24) is 20.6 Å². The van der Waals surface area contributed by atoms with Crippen molar-refractivity contribution in [2.45, 2.75) is 51.0 Å². The van der Waals surface area contributed by atoms with E-state index >= 15 is 0 Å². The normalized spacial score (nSPS) is 27.5. The molecule has 2 aromatic rings. The van der Waals surface area contributed by atoms with Crippen LogP contribution >= 0.6 is 0 Å². The number of carbonyl (C=O) groups is 1. The number of hydrogen-bond acceptors (Lipinski definition) is 4. The lowest BCUT2D eigenvalue weighted by atomic mass is 9.68. The van der Waals surface area contributed by atoms with E-state index in [-0.39, 0.29) is 23.8 Å². The lowest BCUT2D eigenvalue weighted by Crippen LogP contribution is -2.62. The Kier molecular flexibility index (Phi) is 5.25. The molecule has 1 saturated carbocycles. The minimum absolute atomic E-state index is 0.0662. The van der Waals surface area contributed by atoms with Gasteiger partial charge in [0.15, 0.2) is 0 Å². The topological polar surface area (TPSA) is 85.0 Å². The summed E-state index contributed by atoms with van der Waals surface area (Å²) >= 11 is 0. The Bertz CT molecular complexity index is 841. The third-order valence-electron chi connectivity index (χ3n) is 6.65. The van der Waals surface area contributed by atoms with Gasteiger partial charge in [-0.05, 0) is 42.6 Å². The summed E-state index contributed by atoms with van der Waals surface area (Å²) in [5, 5.41) is 4.58. The van der Waals surface area contributed by atoms with Crippen LogP contribution in [0.2, 0.25) is 0 Å². The first-order valence-electron chi connectivity index (χ1n) is 10.4. The van der Waals surface area contributed by atoms with Crippen LogP contribution in [-0.4, -0.2) is 28.3 Å². The van der Waals surface area contributed by atoms with E-state index in [9.17, 15) is 4.79 Å². The van der Waals surface area contributed by atoms with Crippen LogP contribution in [0.1, 0.15) is 56.1 Å². The molecule has 150 valence electrons. The summed E-state index contributed by atoms with van der Waals surface area (Å²) in [4.78, 5) is 12.3. The first-order valence-corrected chi connectivity index (χ1v) is 10.4. The summed E-state index contributed by atoms with van der Waals surface area (Å²) in [5.41, 5.74) is 16.9. The number of hydrogen-bond donors (Lipinski definition) is 3. The fraction of sp³-hybridized carbons (Fsp3) is 0.545. The molecule has 0 bridgehead atoms. The molecule has 4 unspecified atom stereocenters. The quantitative estimate of drug-likeness (QED) is 0.760. The molecule has 1 aliphatic carbocycles. The summed E-state index contributed by atoms with van der Waals surface area (Å²) in [5.74, 6) is 1.37. The van der Waals surface area contributed by atoms with Crippen molar-refractivity contribution in [3.63, 3.8) is 0 Å². The van der Waals surface area contributed by atoms with Crippen molar-refractivity contribution in [1.29, 1.82) is 0 Å². The number of nitrogens with one attached hydrogen (secondary N) is 2. The van der Waals surface area contributed by atoms with E-state index in [1.54, 1.807) is 0 Å². The van der Waals surface area contributed by atoms with Gasteiger partial charge in [0.25, 0.3) is 0 Å². The van der Waals surface area contributed by atoms with Gasteiger partial charge in [0.2, 0.25) is 5.91 Å². The van der Waals surface area contributed by atoms with E-state index in [2.05, 4.69) is 54.1 Å². The number of carbonyl (C=O) groups excluding carboxylic acids is 1. The smallest absolute Gasteiger partial charge is 0.237 e. The molecule has 4 N–H and O–H groups in total. The number of aryl methyl sites for hydroxylation is 1. The summed E-state index contributed by atoms with van der Waals surface area (Å²) in [6, 6.07) is 8.98. The van der Waals surface area contributed by atoms with Crippen LogP contribution in [0.15, 0.2) is 30.5 Å². The molecule has 0 spiro atoms. The number of benzene rings is 1. The highest BCUT2D eigenvalue weighted by atomic mass is 16.2. The van der Waals surface area contributed by atoms with Crippen molar-refractivity contribution in [3.8, 4) is 11.3 Å². The molecule has 2 aliphatic rings. The second kappa shape index (κ2) is 7.68. The molecule has 1 amide bonds. The molecule has 28 heavy (non-hydrogen) atoms. The highest BCUT2D eigenvalue weighted by molar-refractivity contribution is 5.79. The van der Waals surface area contributed by atoms with Crippen LogP contribution in [0.4, 0.5) is 0 Å². The molecule has 4 atom stereocenters. The number of hydrazine groups is 1. The number of fused-ring (bicyclic) bond motifs is 1.